The fraction of sp³-hybridized carbons (Fsp3) is 0.909. The van der Waals surface area contributed by atoms with Gasteiger partial charge >= 0.3 is 5.97 Å². The summed E-state index contributed by atoms with van der Waals surface area (Å²) >= 11 is 0. The van der Waals surface area contributed by atoms with Crippen LogP contribution in [-0.2, 0) is 23.9 Å². The lowest BCUT2D eigenvalue weighted by Gasteiger charge is -2.26. The molecule has 1 heterocycles. The highest BCUT2D eigenvalue weighted by Gasteiger charge is 2.32. The first kappa shape index (κ1) is 15.4. The lowest BCUT2D eigenvalue weighted by Crippen LogP contribution is -2.39. The van der Waals surface area contributed by atoms with Gasteiger partial charge in [0.05, 0.1) is 24.3 Å². The minimum absolute atomic E-state index is 0.0241. The van der Waals surface area contributed by atoms with Crippen molar-refractivity contribution >= 4 is 16.1 Å². The van der Waals surface area contributed by atoms with E-state index in [4.69, 9.17) is 9.02 Å². The molecule has 1 fully saturated rings. The zero-order chi connectivity index (χ0) is 14.0. The standard InChI is InChI=1S/C11H21NO5S/c1-11(2,3)10(13)17-12-7-5-6-9(12)8-16-18(4,14)15/h9H,5-8H2,1-4H3/t9-/m0/s1. The molecule has 0 N–H and O–H groups in total. The predicted octanol–water partition coefficient (Wildman–Crippen LogP) is 0.931. The Morgan fingerprint density at radius 1 is 1.39 bits per heavy atom. The molecule has 0 aromatic heterocycles. The largest absolute Gasteiger partial charge is 0.367 e. The molecule has 6 nitrogen and oxygen atoms in total. The third-order valence-corrected chi connectivity index (χ3v) is 3.17. The van der Waals surface area contributed by atoms with E-state index < -0.39 is 15.5 Å². The van der Waals surface area contributed by atoms with E-state index in [1.54, 1.807) is 20.8 Å². The molecule has 1 atom stereocenters. The SMILES string of the molecule is CC(C)(C)C(=O)ON1CCC[C@H]1COS(C)(=O)=O. The number of carbonyl (C=O) groups excluding carboxylic acids is 1. The summed E-state index contributed by atoms with van der Waals surface area (Å²) in [4.78, 5) is 17.0. The lowest BCUT2D eigenvalue weighted by atomic mass is 9.98. The van der Waals surface area contributed by atoms with Crippen LogP contribution >= 0.6 is 0 Å². The zero-order valence-electron chi connectivity index (χ0n) is 11.3. The number of hydrogen-bond donors (Lipinski definition) is 0. The van der Waals surface area contributed by atoms with Crippen molar-refractivity contribution in [3.63, 3.8) is 0 Å². The maximum atomic E-state index is 11.7. The Balaban J connectivity index is 2.53. The summed E-state index contributed by atoms with van der Waals surface area (Å²) < 4.78 is 26.6. The number of carbonyl (C=O) groups is 1. The monoisotopic (exact) mass is 279 g/mol. The van der Waals surface area contributed by atoms with Gasteiger partial charge in [-0.05, 0) is 33.6 Å². The first-order valence-electron chi connectivity index (χ1n) is 5.93. The highest BCUT2D eigenvalue weighted by atomic mass is 32.2. The van der Waals surface area contributed by atoms with Gasteiger partial charge in [-0.15, -0.1) is 5.06 Å². The van der Waals surface area contributed by atoms with Gasteiger partial charge < -0.3 is 4.84 Å². The minimum Gasteiger partial charge on any atom is -0.367 e. The Hall–Kier alpha value is -0.660. The van der Waals surface area contributed by atoms with Crippen LogP contribution in [0.2, 0.25) is 0 Å². The van der Waals surface area contributed by atoms with Gasteiger partial charge in [0, 0.05) is 6.54 Å². The molecule has 1 rings (SSSR count). The minimum atomic E-state index is -3.46. The molecule has 1 aliphatic rings. The van der Waals surface area contributed by atoms with E-state index in [1.165, 1.54) is 5.06 Å². The summed E-state index contributed by atoms with van der Waals surface area (Å²) in [5, 5.41) is 1.53. The van der Waals surface area contributed by atoms with Crippen molar-refractivity contribution in [2.75, 3.05) is 19.4 Å². The van der Waals surface area contributed by atoms with Crippen LogP contribution in [0.5, 0.6) is 0 Å². The van der Waals surface area contributed by atoms with Crippen molar-refractivity contribution < 1.29 is 22.2 Å². The van der Waals surface area contributed by atoms with Crippen molar-refractivity contribution in [2.24, 2.45) is 5.41 Å². The van der Waals surface area contributed by atoms with E-state index in [0.717, 1.165) is 19.1 Å². The molecular weight excluding hydrogens is 258 g/mol. The van der Waals surface area contributed by atoms with Gasteiger partial charge in [-0.1, -0.05) is 0 Å². The van der Waals surface area contributed by atoms with Gasteiger partial charge in [0.15, 0.2) is 0 Å². The molecule has 0 unspecified atom stereocenters. The molecule has 1 aliphatic heterocycles. The highest BCUT2D eigenvalue weighted by molar-refractivity contribution is 7.85. The van der Waals surface area contributed by atoms with E-state index in [9.17, 15) is 13.2 Å². The number of hydrogen-bond acceptors (Lipinski definition) is 6. The maximum absolute atomic E-state index is 11.7. The second-order valence-corrected chi connectivity index (χ2v) is 7.20. The number of hydroxylamine groups is 2. The van der Waals surface area contributed by atoms with Crippen LogP contribution in [0.4, 0.5) is 0 Å². The van der Waals surface area contributed by atoms with Crippen LogP contribution in [0.15, 0.2) is 0 Å². The van der Waals surface area contributed by atoms with Crippen molar-refractivity contribution in [3.05, 3.63) is 0 Å². The summed E-state index contributed by atoms with van der Waals surface area (Å²) in [5.74, 6) is -0.325. The Kier molecular flexibility index (Phi) is 4.74. The van der Waals surface area contributed by atoms with E-state index in [2.05, 4.69) is 0 Å². The smallest absolute Gasteiger partial charge is 0.330 e. The van der Waals surface area contributed by atoms with Crippen LogP contribution in [0.3, 0.4) is 0 Å². The molecule has 18 heavy (non-hydrogen) atoms. The number of rotatable bonds is 4. The molecule has 0 bridgehead atoms. The van der Waals surface area contributed by atoms with Gasteiger partial charge in [0.1, 0.15) is 0 Å². The molecule has 0 amide bonds. The molecule has 0 aliphatic carbocycles. The third kappa shape index (κ3) is 4.91. The normalized spacial score (nSPS) is 22.1. The van der Waals surface area contributed by atoms with Crippen LogP contribution < -0.4 is 0 Å². The Morgan fingerprint density at radius 3 is 2.50 bits per heavy atom. The third-order valence-electron chi connectivity index (χ3n) is 2.61. The summed E-state index contributed by atoms with van der Waals surface area (Å²) in [6, 6.07) is -0.189. The van der Waals surface area contributed by atoms with E-state index in [1.807, 2.05) is 0 Å². The average Bonchev–Trinajstić information content (AvgIpc) is 2.59. The highest BCUT2D eigenvalue weighted by Crippen LogP contribution is 2.22. The van der Waals surface area contributed by atoms with Crippen molar-refractivity contribution in [3.8, 4) is 0 Å². The summed E-state index contributed by atoms with van der Waals surface area (Å²) in [5.41, 5.74) is -0.579. The van der Waals surface area contributed by atoms with Gasteiger partial charge in [-0.2, -0.15) is 8.42 Å². The molecular formula is C11H21NO5S. The Bertz CT molecular complexity index is 398. The molecule has 0 aromatic carbocycles. The zero-order valence-corrected chi connectivity index (χ0v) is 12.1. The lowest BCUT2D eigenvalue weighted by molar-refractivity contribution is -0.205. The van der Waals surface area contributed by atoms with E-state index in [0.29, 0.717) is 6.54 Å². The second-order valence-electron chi connectivity index (χ2n) is 5.55. The molecule has 0 aromatic rings. The van der Waals surface area contributed by atoms with E-state index >= 15 is 0 Å². The van der Waals surface area contributed by atoms with Gasteiger partial charge in [-0.25, -0.2) is 4.79 Å². The summed E-state index contributed by atoms with van der Waals surface area (Å²) in [7, 11) is -3.46. The molecule has 106 valence electrons. The summed E-state index contributed by atoms with van der Waals surface area (Å²) in [6.07, 6.45) is 2.62. The van der Waals surface area contributed by atoms with Gasteiger partial charge in [-0.3, -0.25) is 4.18 Å². The predicted molar refractivity (Wildman–Crippen MR) is 66.1 cm³/mol. The first-order chi connectivity index (χ1) is 8.09. The van der Waals surface area contributed by atoms with Gasteiger partial charge in [0.2, 0.25) is 0 Å². The fourth-order valence-electron chi connectivity index (χ4n) is 1.54. The van der Waals surface area contributed by atoms with E-state index in [-0.39, 0.29) is 18.6 Å². The second kappa shape index (κ2) is 5.54. The van der Waals surface area contributed by atoms with Crippen molar-refractivity contribution in [1.29, 1.82) is 0 Å². The van der Waals surface area contributed by atoms with Crippen molar-refractivity contribution in [2.45, 2.75) is 39.7 Å². The first-order valence-corrected chi connectivity index (χ1v) is 7.75. The molecule has 0 saturated carbocycles. The molecule has 0 radical (unpaired) electrons. The molecule has 1 saturated heterocycles. The topological polar surface area (TPSA) is 72.9 Å². The average molecular weight is 279 g/mol. The van der Waals surface area contributed by atoms with Crippen LogP contribution in [0.1, 0.15) is 33.6 Å². The number of nitrogens with zero attached hydrogens (tertiary/aromatic N) is 1. The van der Waals surface area contributed by atoms with Crippen LogP contribution in [0, 0.1) is 5.41 Å². The van der Waals surface area contributed by atoms with Crippen LogP contribution in [-0.4, -0.2) is 44.9 Å². The summed E-state index contributed by atoms with van der Waals surface area (Å²) in [6.45, 7) is 5.95. The maximum Gasteiger partial charge on any atom is 0.330 e. The fourth-order valence-corrected chi connectivity index (χ4v) is 1.95. The van der Waals surface area contributed by atoms with Gasteiger partial charge in [0.25, 0.3) is 10.1 Å². The molecule has 0 spiro atoms. The molecule has 7 heteroatoms. The Labute approximate surface area is 108 Å². The van der Waals surface area contributed by atoms with Crippen molar-refractivity contribution in [1.82, 2.24) is 5.06 Å². The quantitative estimate of drug-likeness (QED) is 0.713. The Morgan fingerprint density at radius 2 is 2.00 bits per heavy atom. The van der Waals surface area contributed by atoms with Crippen LogP contribution in [0.25, 0.3) is 0 Å².